The van der Waals surface area contributed by atoms with Gasteiger partial charge in [-0.05, 0) is 24.6 Å². The number of hydrogen-bond donors (Lipinski definition) is 0. The quantitative estimate of drug-likeness (QED) is 0.445. The first kappa shape index (κ1) is 13.1. The molecule has 6 nitrogen and oxygen atoms in total. The lowest BCUT2D eigenvalue weighted by Crippen LogP contribution is -2.07. The summed E-state index contributed by atoms with van der Waals surface area (Å²) in [6.45, 7) is 2.68. The largest absolute Gasteiger partial charge is 0.465 e. The highest BCUT2D eigenvalue weighted by Crippen LogP contribution is 2.21. The number of rotatable bonds is 5. The predicted octanol–water partition coefficient (Wildman–Crippen LogP) is 1.92. The number of nitro benzene ring substituents is 1. The summed E-state index contributed by atoms with van der Waals surface area (Å²) in [7, 11) is 1.18. The van der Waals surface area contributed by atoms with Crippen LogP contribution in [0.1, 0.15) is 22.8 Å². The fraction of sp³-hybridized carbons (Fsp3) is 0.364. The van der Waals surface area contributed by atoms with Crippen molar-refractivity contribution in [2.75, 3.05) is 13.7 Å². The van der Waals surface area contributed by atoms with Crippen molar-refractivity contribution in [3.8, 4) is 0 Å². The molecule has 0 aliphatic heterocycles. The first-order valence-corrected chi connectivity index (χ1v) is 5.03. The van der Waals surface area contributed by atoms with Crippen LogP contribution < -0.4 is 0 Å². The molecular weight excluding hydrogens is 226 g/mol. The van der Waals surface area contributed by atoms with E-state index in [1.807, 2.05) is 6.92 Å². The van der Waals surface area contributed by atoms with Gasteiger partial charge in [0.1, 0.15) is 5.56 Å². The predicted molar refractivity (Wildman–Crippen MR) is 59.8 cm³/mol. The number of hydrogen-bond acceptors (Lipinski definition) is 5. The summed E-state index contributed by atoms with van der Waals surface area (Å²) in [5.41, 5.74) is 0.365. The normalized spacial score (nSPS) is 10.0. The van der Waals surface area contributed by atoms with Gasteiger partial charge < -0.3 is 9.47 Å². The summed E-state index contributed by atoms with van der Waals surface area (Å²) >= 11 is 0. The lowest BCUT2D eigenvalue weighted by Gasteiger charge is -2.05. The molecule has 0 bridgehead atoms. The minimum absolute atomic E-state index is 0.0605. The molecule has 0 spiro atoms. The fourth-order valence-corrected chi connectivity index (χ4v) is 1.33. The molecule has 1 rings (SSSR count). The number of carbonyl (C=O) groups excluding carboxylic acids is 1. The van der Waals surface area contributed by atoms with Crippen molar-refractivity contribution in [2.45, 2.75) is 13.5 Å². The van der Waals surface area contributed by atoms with Crippen LogP contribution in [-0.2, 0) is 16.1 Å². The van der Waals surface area contributed by atoms with E-state index in [-0.39, 0.29) is 11.3 Å². The standard InChI is InChI=1S/C11H13NO5/c1-3-17-7-8-4-5-10(12(14)15)9(6-8)11(13)16-2/h4-6H,3,7H2,1-2H3. The number of benzene rings is 1. The van der Waals surface area contributed by atoms with Crippen LogP contribution in [0.3, 0.4) is 0 Å². The summed E-state index contributed by atoms with van der Waals surface area (Å²) in [5, 5.41) is 10.7. The van der Waals surface area contributed by atoms with E-state index in [1.54, 1.807) is 6.07 Å². The van der Waals surface area contributed by atoms with E-state index in [9.17, 15) is 14.9 Å². The highest BCUT2D eigenvalue weighted by molar-refractivity contribution is 5.94. The van der Waals surface area contributed by atoms with Gasteiger partial charge >= 0.3 is 5.97 Å². The number of ether oxygens (including phenoxy) is 2. The summed E-state index contributed by atoms with van der Waals surface area (Å²) < 4.78 is 9.67. The zero-order valence-electron chi connectivity index (χ0n) is 9.63. The van der Waals surface area contributed by atoms with Crippen molar-refractivity contribution in [3.63, 3.8) is 0 Å². The van der Waals surface area contributed by atoms with E-state index in [1.165, 1.54) is 19.2 Å². The van der Waals surface area contributed by atoms with Gasteiger partial charge in [-0.15, -0.1) is 0 Å². The number of carbonyl (C=O) groups is 1. The van der Waals surface area contributed by atoms with Crippen LogP contribution in [0.25, 0.3) is 0 Å². The number of nitro groups is 1. The van der Waals surface area contributed by atoms with E-state index >= 15 is 0 Å². The number of methoxy groups -OCH3 is 1. The molecule has 0 aliphatic carbocycles. The summed E-state index contributed by atoms with van der Waals surface area (Å²) in [4.78, 5) is 21.5. The van der Waals surface area contributed by atoms with Crippen molar-refractivity contribution in [2.24, 2.45) is 0 Å². The number of esters is 1. The highest BCUT2D eigenvalue weighted by atomic mass is 16.6. The van der Waals surface area contributed by atoms with Gasteiger partial charge in [0.15, 0.2) is 0 Å². The van der Waals surface area contributed by atoms with E-state index < -0.39 is 10.9 Å². The third kappa shape index (κ3) is 3.25. The number of nitrogens with zero attached hydrogens (tertiary/aromatic N) is 1. The molecule has 0 saturated heterocycles. The van der Waals surface area contributed by atoms with Gasteiger partial charge in [-0.2, -0.15) is 0 Å². The Morgan fingerprint density at radius 1 is 1.47 bits per heavy atom. The molecule has 0 atom stereocenters. The monoisotopic (exact) mass is 239 g/mol. The summed E-state index contributed by atoms with van der Waals surface area (Å²) in [6.07, 6.45) is 0. The van der Waals surface area contributed by atoms with Crippen molar-refractivity contribution in [1.29, 1.82) is 0 Å². The molecule has 0 unspecified atom stereocenters. The molecule has 1 aromatic rings. The van der Waals surface area contributed by atoms with Crippen molar-refractivity contribution in [1.82, 2.24) is 0 Å². The first-order chi connectivity index (χ1) is 8.10. The Morgan fingerprint density at radius 3 is 2.71 bits per heavy atom. The fourth-order valence-electron chi connectivity index (χ4n) is 1.33. The van der Waals surface area contributed by atoms with Crippen LogP contribution in [0.5, 0.6) is 0 Å². The van der Waals surface area contributed by atoms with Gasteiger partial charge in [0.05, 0.1) is 18.6 Å². The molecule has 0 aliphatic rings. The first-order valence-electron chi connectivity index (χ1n) is 5.03. The van der Waals surface area contributed by atoms with Gasteiger partial charge in [-0.25, -0.2) is 4.79 Å². The second-order valence-electron chi connectivity index (χ2n) is 3.24. The van der Waals surface area contributed by atoms with E-state index in [0.29, 0.717) is 18.8 Å². The molecule has 17 heavy (non-hydrogen) atoms. The minimum Gasteiger partial charge on any atom is -0.465 e. The molecule has 0 N–H and O–H groups in total. The maximum absolute atomic E-state index is 11.4. The molecule has 0 heterocycles. The zero-order valence-corrected chi connectivity index (χ0v) is 9.63. The van der Waals surface area contributed by atoms with Crippen LogP contribution in [0, 0.1) is 10.1 Å². The average Bonchev–Trinajstić information content (AvgIpc) is 2.34. The van der Waals surface area contributed by atoms with Gasteiger partial charge in [-0.3, -0.25) is 10.1 Å². The van der Waals surface area contributed by atoms with Crippen LogP contribution >= 0.6 is 0 Å². The van der Waals surface area contributed by atoms with Gasteiger partial charge in [0, 0.05) is 12.7 Å². The topological polar surface area (TPSA) is 78.7 Å². The van der Waals surface area contributed by atoms with E-state index in [0.717, 1.165) is 0 Å². The Hall–Kier alpha value is -1.95. The highest BCUT2D eigenvalue weighted by Gasteiger charge is 2.21. The molecule has 0 radical (unpaired) electrons. The van der Waals surface area contributed by atoms with E-state index in [2.05, 4.69) is 4.74 Å². The Morgan fingerprint density at radius 2 is 2.18 bits per heavy atom. The third-order valence-corrected chi connectivity index (χ3v) is 2.14. The third-order valence-electron chi connectivity index (χ3n) is 2.14. The Kier molecular flexibility index (Phi) is 4.59. The maximum Gasteiger partial charge on any atom is 0.344 e. The smallest absolute Gasteiger partial charge is 0.344 e. The van der Waals surface area contributed by atoms with Crippen LogP contribution in [0.4, 0.5) is 5.69 Å². The van der Waals surface area contributed by atoms with E-state index in [4.69, 9.17) is 4.74 Å². The lowest BCUT2D eigenvalue weighted by molar-refractivity contribution is -0.385. The molecule has 0 amide bonds. The van der Waals surface area contributed by atoms with Crippen LogP contribution in [0.2, 0.25) is 0 Å². The molecule has 0 fully saturated rings. The van der Waals surface area contributed by atoms with Gasteiger partial charge in [0.25, 0.3) is 5.69 Å². The van der Waals surface area contributed by atoms with Crippen LogP contribution in [0.15, 0.2) is 18.2 Å². The van der Waals surface area contributed by atoms with Gasteiger partial charge in [-0.1, -0.05) is 0 Å². The second-order valence-corrected chi connectivity index (χ2v) is 3.24. The van der Waals surface area contributed by atoms with Crippen molar-refractivity contribution < 1.29 is 19.2 Å². The van der Waals surface area contributed by atoms with Crippen molar-refractivity contribution in [3.05, 3.63) is 39.4 Å². The summed E-state index contributed by atoms with van der Waals surface area (Å²) in [6, 6.07) is 4.25. The Labute approximate surface area is 98.3 Å². The molecule has 0 aromatic heterocycles. The Balaban J connectivity index is 3.10. The zero-order chi connectivity index (χ0) is 12.8. The SMILES string of the molecule is CCOCc1ccc([N+](=O)[O-])c(C(=O)OC)c1. The second kappa shape index (κ2) is 5.95. The minimum atomic E-state index is -0.727. The van der Waals surface area contributed by atoms with Crippen molar-refractivity contribution >= 4 is 11.7 Å². The Bertz CT molecular complexity index is 430. The lowest BCUT2D eigenvalue weighted by atomic mass is 10.1. The average molecular weight is 239 g/mol. The molecule has 92 valence electrons. The molecule has 6 heteroatoms. The molecule has 0 saturated carbocycles. The molecular formula is C11H13NO5. The maximum atomic E-state index is 11.4. The van der Waals surface area contributed by atoms with Crippen LogP contribution in [-0.4, -0.2) is 24.6 Å². The van der Waals surface area contributed by atoms with Gasteiger partial charge in [0.2, 0.25) is 0 Å². The summed E-state index contributed by atoms with van der Waals surface area (Å²) in [5.74, 6) is -0.727. The molecule has 1 aromatic carbocycles.